The van der Waals surface area contributed by atoms with Crippen LogP contribution in [0.25, 0.3) is 0 Å². The molecule has 9 atom stereocenters. The second-order valence-corrected chi connectivity index (χ2v) is 29.3. The minimum Gasteiger partial charge on any atom is -0.458 e. The number of benzene rings is 8. The second kappa shape index (κ2) is 31.8. The molecule has 10 rings (SSSR count). The van der Waals surface area contributed by atoms with E-state index in [0.29, 0.717) is 0 Å². The Bertz CT molecular complexity index is 3300. The first-order valence-corrected chi connectivity index (χ1v) is 33.1. The summed E-state index contributed by atoms with van der Waals surface area (Å²) in [6.45, 7) is 12.6. The van der Waals surface area contributed by atoms with Gasteiger partial charge in [-0.2, -0.15) is 0 Å². The van der Waals surface area contributed by atoms with E-state index >= 15 is 0 Å². The molecule has 2 fully saturated rings. The fourth-order valence-electron chi connectivity index (χ4n) is 11.8. The highest BCUT2D eigenvalue weighted by Gasteiger charge is 2.63. The van der Waals surface area contributed by atoms with Gasteiger partial charge in [-0.1, -0.05) is 263 Å². The van der Waals surface area contributed by atoms with Crippen molar-refractivity contribution in [3.8, 4) is 0 Å². The SMILES string of the molecule is CC(C)(C)OC(=O)COC[C@H]1O[C@H](O[C@]2(COCc3ccccc3)O[C@H](CO[Si](c3ccccc3)(c3ccccc3)C(C)(C)C)[C@@H](OCc3ccccc3)[C@@H]2OCc2ccccc2)[C@H](OCc2ccccc2)[C@@H](OCc2ccccc2)[C@@H]1OCc1ccccc1. The Labute approximate surface area is 532 Å². The van der Waals surface area contributed by atoms with Crippen molar-refractivity contribution in [3.63, 3.8) is 0 Å². The summed E-state index contributed by atoms with van der Waals surface area (Å²) in [5.41, 5.74) is 4.80. The van der Waals surface area contributed by atoms with E-state index in [2.05, 4.69) is 69.3 Å². The molecule has 0 amide bonds. The average molecular weight is 1240 g/mol. The Morgan fingerprint density at radius 1 is 0.422 bits per heavy atom. The minimum atomic E-state index is -3.24. The zero-order valence-corrected chi connectivity index (χ0v) is 53.6. The van der Waals surface area contributed by atoms with Crippen LogP contribution in [0.5, 0.6) is 0 Å². The molecule has 472 valence electrons. The second-order valence-electron chi connectivity index (χ2n) is 24.9. The van der Waals surface area contributed by atoms with Crippen LogP contribution in [0.1, 0.15) is 74.9 Å². The van der Waals surface area contributed by atoms with E-state index in [9.17, 15) is 4.79 Å². The van der Waals surface area contributed by atoms with E-state index < -0.39 is 79.7 Å². The maximum absolute atomic E-state index is 13.4. The first-order chi connectivity index (χ1) is 43.7. The van der Waals surface area contributed by atoms with Gasteiger partial charge in [-0.05, 0) is 69.6 Å². The largest absolute Gasteiger partial charge is 0.458 e. The third kappa shape index (κ3) is 17.7. The van der Waals surface area contributed by atoms with Crippen LogP contribution in [-0.2, 0) is 101 Å². The van der Waals surface area contributed by atoms with Crippen molar-refractivity contribution >= 4 is 24.7 Å². The van der Waals surface area contributed by atoms with Crippen LogP contribution in [-0.4, -0.2) is 101 Å². The van der Waals surface area contributed by atoms with Crippen LogP contribution in [0.4, 0.5) is 0 Å². The molecule has 14 heteroatoms. The fourth-order valence-corrected chi connectivity index (χ4v) is 16.4. The number of hydrogen-bond donors (Lipinski definition) is 0. The van der Waals surface area contributed by atoms with Crippen LogP contribution < -0.4 is 10.4 Å². The summed E-state index contributed by atoms with van der Waals surface area (Å²) in [5.74, 6) is -2.39. The van der Waals surface area contributed by atoms with Crippen molar-refractivity contribution in [1.29, 1.82) is 0 Å². The lowest BCUT2D eigenvalue weighted by Crippen LogP contribution is -2.67. The van der Waals surface area contributed by atoms with E-state index in [-0.39, 0.29) is 66.1 Å². The van der Waals surface area contributed by atoms with E-state index in [4.69, 9.17) is 56.5 Å². The Balaban J connectivity index is 1.13. The molecule has 8 aromatic rings. The van der Waals surface area contributed by atoms with Gasteiger partial charge in [0.1, 0.15) is 61.5 Å². The molecule has 0 radical (unpaired) electrons. The third-order valence-electron chi connectivity index (χ3n) is 16.0. The number of rotatable bonds is 30. The molecular weight excluding hydrogens is 1150 g/mol. The molecular formula is C76H86O13Si. The molecule has 0 aromatic heterocycles. The monoisotopic (exact) mass is 1230 g/mol. The predicted molar refractivity (Wildman–Crippen MR) is 349 cm³/mol. The number of ether oxygens (including phenoxy) is 11. The molecule has 0 unspecified atom stereocenters. The molecule has 2 aliphatic heterocycles. The van der Waals surface area contributed by atoms with E-state index in [0.717, 1.165) is 43.8 Å². The number of carbonyl (C=O) groups is 1. The van der Waals surface area contributed by atoms with Gasteiger partial charge >= 0.3 is 5.97 Å². The first-order valence-electron chi connectivity index (χ1n) is 31.2. The van der Waals surface area contributed by atoms with Crippen LogP contribution in [0.15, 0.2) is 243 Å². The molecule has 2 heterocycles. The highest BCUT2D eigenvalue weighted by molar-refractivity contribution is 6.99. The number of esters is 1. The van der Waals surface area contributed by atoms with E-state index in [1.165, 1.54) is 0 Å². The molecule has 0 aliphatic carbocycles. The molecule has 0 saturated carbocycles. The first kappa shape index (κ1) is 65.9. The normalized spacial score (nSPS) is 22.1. The zero-order valence-electron chi connectivity index (χ0n) is 52.6. The van der Waals surface area contributed by atoms with E-state index in [1.54, 1.807) is 0 Å². The predicted octanol–water partition coefficient (Wildman–Crippen LogP) is 12.9. The third-order valence-corrected chi connectivity index (χ3v) is 21.0. The highest BCUT2D eigenvalue weighted by Crippen LogP contribution is 2.44. The lowest BCUT2D eigenvalue weighted by molar-refractivity contribution is -0.398. The molecule has 90 heavy (non-hydrogen) atoms. The summed E-state index contributed by atoms with van der Waals surface area (Å²) >= 11 is 0. The lowest BCUT2D eigenvalue weighted by atomic mass is 9.97. The number of hydrogen-bond acceptors (Lipinski definition) is 13. The van der Waals surface area contributed by atoms with Crippen LogP contribution >= 0.6 is 0 Å². The summed E-state index contributed by atoms with van der Waals surface area (Å²) in [7, 11) is -3.24. The smallest absolute Gasteiger partial charge is 0.332 e. The Morgan fingerprint density at radius 2 is 0.800 bits per heavy atom. The summed E-state index contributed by atoms with van der Waals surface area (Å²) < 4.78 is 86.0. The Morgan fingerprint density at radius 3 is 1.22 bits per heavy atom. The zero-order chi connectivity index (χ0) is 62.7. The minimum absolute atomic E-state index is 0.0561. The highest BCUT2D eigenvalue weighted by atomic mass is 28.4. The summed E-state index contributed by atoms with van der Waals surface area (Å²) in [6, 6.07) is 80.9. The van der Waals surface area contributed by atoms with Gasteiger partial charge in [0.25, 0.3) is 8.32 Å². The van der Waals surface area contributed by atoms with E-state index in [1.807, 2.05) is 215 Å². The summed E-state index contributed by atoms with van der Waals surface area (Å²) in [5, 5.41) is 1.82. The molecule has 0 bridgehead atoms. The van der Waals surface area contributed by atoms with Gasteiger partial charge in [-0.25, -0.2) is 4.79 Å². The fraction of sp³-hybridized carbons (Fsp3) is 0.355. The molecule has 2 saturated heterocycles. The topological polar surface area (TPSA) is 128 Å². The van der Waals surface area contributed by atoms with Crippen LogP contribution in [0.3, 0.4) is 0 Å². The van der Waals surface area contributed by atoms with Crippen molar-refractivity contribution in [2.24, 2.45) is 0 Å². The molecule has 8 aromatic carbocycles. The van der Waals surface area contributed by atoms with Gasteiger partial charge < -0.3 is 56.5 Å². The lowest BCUT2D eigenvalue weighted by Gasteiger charge is -2.48. The summed E-state index contributed by atoms with van der Waals surface area (Å²) in [6.07, 6.45) is -7.89. The molecule has 0 spiro atoms. The van der Waals surface area contributed by atoms with Crippen molar-refractivity contribution < 1.29 is 61.3 Å². The quantitative estimate of drug-likeness (QED) is 0.0313. The standard InChI is InChI=1S/C76H86O13Si/c1-74(2,3)88-67(77)55-78-53-65-68(80-48-58-33-17-8-18-34-58)70(82-50-60-37-21-10-22-38-60)71(83-51-61-39-23-11-24-40-61)73(86-65)89-76(56-79-47-57-31-15-7-16-32-57)72(84-52-62-41-25-12-26-42-62)69(81-49-59-35-19-9-20-36-59)66(87-76)54-85-90(75(4,5)6,63-43-27-13-28-44-63)64-45-29-14-30-46-64/h7-46,65-66,68-73H,47-56H2,1-6H3/t65-,66-,68-,69-,70+,71-,72+,73-,76+/m1/s1. The van der Waals surface area contributed by atoms with Gasteiger partial charge in [0.15, 0.2) is 6.29 Å². The van der Waals surface area contributed by atoms with Crippen LogP contribution in [0, 0.1) is 0 Å². The van der Waals surface area contributed by atoms with Crippen LogP contribution in [0.2, 0.25) is 5.04 Å². The van der Waals surface area contributed by atoms with Gasteiger partial charge in [-0.3, -0.25) is 0 Å². The van der Waals surface area contributed by atoms with Gasteiger partial charge in [0, 0.05) is 0 Å². The number of carbonyl (C=O) groups excluding carboxylic acids is 1. The molecule has 13 nitrogen and oxygen atoms in total. The summed E-state index contributed by atoms with van der Waals surface area (Å²) in [4.78, 5) is 13.4. The Hall–Kier alpha value is -6.99. The molecule has 2 aliphatic rings. The maximum atomic E-state index is 13.4. The molecule has 0 N–H and O–H groups in total. The van der Waals surface area contributed by atoms with Gasteiger partial charge in [0.2, 0.25) is 5.79 Å². The van der Waals surface area contributed by atoms with Gasteiger partial charge in [0.05, 0.1) is 52.9 Å². The van der Waals surface area contributed by atoms with Crippen molar-refractivity contribution in [1.82, 2.24) is 0 Å². The maximum Gasteiger partial charge on any atom is 0.332 e. The van der Waals surface area contributed by atoms with Crippen molar-refractivity contribution in [2.45, 2.75) is 147 Å². The average Bonchev–Trinajstić information content (AvgIpc) is 1.36. The Kier molecular flexibility index (Phi) is 23.3. The van der Waals surface area contributed by atoms with Gasteiger partial charge in [-0.15, -0.1) is 0 Å². The van der Waals surface area contributed by atoms with Crippen molar-refractivity contribution in [3.05, 3.63) is 276 Å². The van der Waals surface area contributed by atoms with Crippen molar-refractivity contribution in [2.75, 3.05) is 26.4 Å².